The van der Waals surface area contributed by atoms with E-state index in [0.29, 0.717) is 23.0 Å². The van der Waals surface area contributed by atoms with Crippen LogP contribution in [0.4, 0.5) is 5.69 Å². The average molecular weight is 462 g/mol. The zero-order valence-electron chi connectivity index (χ0n) is 16.8. The molecule has 8 heteroatoms. The minimum absolute atomic E-state index is 0.359. The van der Waals surface area contributed by atoms with Crippen LogP contribution in [0.1, 0.15) is 26.2 Å². The lowest BCUT2D eigenvalue weighted by molar-refractivity contribution is 0.346. The molecule has 0 atom stereocenters. The van der Waals surface area contributed by atoms with Gasteiger partial charge in [0.05, 0.1) is 16.3 Å². The molecule has 3 aromatic rings. The summed E-state index contributed by atoms with van der Waals surface area (Å²) in [5.74, 6) is 0. The predicted molar refractivity (Wildman–Crippen MR) is 123 cm³/mol. The second kappa shape index (κ2) is 9.06. The van der Waals surface area contributed by atoms with Gasteiger partial charge in [-0.05, 0) is 61.7 Å². The highest BCUT2D eigenvalue weighted by Crippen LogP contribution is 2.25. The molecule has 1 fully saturated rings. The molecule has 1 saturated heterocycles. The smallest absolute Gasteiger partial charge is 0.243 e. The lowest BCUT2D eigenvalue weighted by atomic mass is 10.2. The van der Waals surface area contributed by atoms with E-state index in [2.05, 4.69) is 16.9 Å². The van der Waals surface area contributed by atoms with Crippen LogP contribution in [0.2, 0.25) is 5.02 Å². The molecule has 5 nitrogen and oxygen atoms in total. The van der Waals surface area contributed by atoms with Gasteiger partial charge in [-0.25, -0.2) is 13.4 Å². The summed E-state index contributed by atoms with van der Waals surface area (Å²) in [7, 11) is -3.42. The third kappa shape index (κ3) is 4.39. The standard InChI is InChI=1S/C22H24ClN3O2S2/c1-2-26-21(16-29-22(26)24-19-10-8-18(23)9-11-19)17-6-12-20(13-7-17)30(27,28)25-14-4-3-5-15-25/h6-13,16H,2-5,14-15H2,1H3. The summed E-state index contributed by atoms with van der Waals surface area (Å²) in [4.78, 5) is 5.98. The van der Waals surface area contributed by atoms with E-state index in [9.17, 15) is 8.42 Å². The minimum Gasteiger partial charge on any atom is -0.317 e. The van der Waals surface area contributed by atoms with Crippen molar-refractivity contribution in [3.63, 3.8) is 0 Å². The summed E-state index contributed by atoms with van der Waals surface area (Å²) in [6, 6.07) is 14.6. The topological polar surface area (TPSA) is 54.7 Å². The third-order valence-corrected chi connectivity index (χ3v) is 8.30. The van der Waals surface area contributed by atoms with Crippen LogP contribution in [0.3, 0.4) is 0 Å². The number of piperidine rings is 1. The lowest BCUT2D eigenvalue weighted by Crippen LogP contribution is -2.35. The molecule has 2 heterocycles. The maximum Gasteiger partial charge on any atom is 0.243 e. The molecule has 0 radical (unpaired) electrons. The van der Waals surface area contributed by atoms with Gasteiger partial charge in [0.2, 0.25) is 10.0 Å². The van der Waals surface area contributed by atoms with E-state index < -0.39 is 10.0 Å². The molecule has 4 rings (SSSR count). The molecule has 0 saturated carbocycles. The highest BCUT2D eigenvalue weighted by molar-refractivity contribution is 7.89. The molecule has 0 amide bonds. The number of rotatable bonds is 5. The van der Waals surface area contributed by atoms with Gasteiger partial charge in [0.1, 0.15) is 0 Å². The van der Waals surface area contributed by atoms with Crippen molar-refractivity contribution in [1.29, 1.82) is 0 Å². The van der Waals surface area contributed by atoms with Gasteiger partial charge in [-0.15, -0.1) is 11.3 Å². The third-order valence-electron chi connectivity index (χ3n) is 5.27. The largest absolute Gasteiger partial charge is 0.317 e. The van der Waals surface area contributed by atoms with Gasteiger partial charge in [-0.1, -0.05) is 30.2 Å². The molecular weight excluding hydrogens is 438 g/mol. The molecule has 1 aromatic heterocycles. The Labute approximate surface area is 186 Å². The molecule has 158 valence electrons. The van der Waals surface area contributed by atoms with Gasteiger partial charge in [0.25, 0.3) is 0 Å². The van der Waals surface area contributed by atoms with Crippen molar-refractivity contribution in [3.8, 4) is 11.3 Å². The Kier molecular flexibility index (Phi) is 6.43. The Morgan fingerprint density at radius 3 is 2.30 bits per heavy atom. The maximum absolute atomic E-state index is 12.9. The first-order valence-electron chi connectivity index (χ1n) is 10.1. The van der Waals surface area contributed by atoms with Crippen molar-refractivity contribution in [2.24, 2.45) is 4.99 Å². The Hall–Kier alpha value is -1.93. The van der Waals surface area contributed by atoms with Crippen LogP contribution in [-0.2, 0) is 16.6 Å². The Morgan fingerprint density at radius 1 is 1.00 bits per heavy atom. The molecule has 0 bridgehead atoms. The summed E-state index contributed by atoms with van der Waals surface area (Å²) in [6.07, 6.45) is 2.97. The van der Waals surface area contributed by atoms with E-state index in [1.807, 2.05) is 36.4 Å². The SMILES string of the molecule is CCn1c(-c2ccc(S(=O)(=O)N3CCCCC3)cc2)csc1=Nc1ccc(Cl)cc1. The number of nitrogens with zero attached hydrogens (tertiary/aromatic N) is 3. The summed E-state index contributed by atoms with van der Waals surface area (Å²) < 4.78 is 29.5. The highest BCUT2D eigenvalue weighted by Gasteiger charge is 2.25. The van der Waals surface area contributed by atoms with Crippen molar-refractivity contribution in [2.45, 2.75) is 37.6 Å². The Morgan fingerprint density at radius 2 is 1.67 bits per heavy atom. The fraction of sp³-hybridized carbons (Fsp3) is 0.318. The molecule has 2 aromatic carbocycles. The number of sulfonamides is 1. The number of aromatic nitrogens is 1. The van der Waals surface area contributed by atoms with Crippen LogP contribution < -0.4 is 4.80 Å². The molecule has 0 N–H and O–H groups in total. The van der Waals surface area contributed by atoms with Crippen LogP contribution in [-0.4, -0.2) is 30.4 Å². The number of hydrogen-bond donors (Lipinski definition) is 0. The van der Waals surface area contributed by atoms with E-state index in [4.69, 9.17) is 16.6 Å². The Bertz CT molecular complexity index is 1170. The van der Waals surface area contributed by atoms with Gasteiger partial charge < -0.3 is 4.57 Å². The number of halogens is 1. The van der Waals surface area contributed by atoms with Crippen LogP contribution in [0.15, 0.2) is 63.8 Å². The van der Waals surface area contributed by atoms with Crippen molar-refractivity contribution in [2.75, 3.05) is 13.1 Å². The maximum atomic E-state index is 12.9. The monoisotopic (exact) mass is 461 g/mol. The van der Waals surface area contributed by atoms with Crippen LogP contribution in [0.5, 0.6) is 0 Å². The average Bonchev–Trinajstić information content (AvgIpc) is 3.18. The van der Waals surface area contributed by atoms with E-state index in [1.165, 1.54) is 0 Å². The fourth-order valence-electron chi connectivity index (χ4n) is 3.63. The molecule has 30 heavy (non-hydrogen) atoms. The molecule has 1 aliphatic rings. The first-order chi connectivity index (χ1) is 14.5. The van der Waals surface area contributed by atoms with Crippen molar-refractivity contribution < 1.29 is 8.42 Å². The first-order valence-corrected chi connectivity index (χ1v) is 12.8. The summed E-state index contributed by atoms with van der Waals surface area (Å²) >= 11 is 7.53. The van der Waals surface area contributed by atoms with E-state index >= 15 is 0 Å². The van der Waals surface area contributed by atoms with E-state index in [0.717, 1.165) is 47.6 Å². The first kappa shape index (κ1) is 21.3. The van der Waals surface area contributed by atoms with Gasteiger partial charge in [-0.3, -0.25) is 0 Å². The fourth-order valence-corrected chi connectivity index (χ4v) is 6.27. The van der Waals surface area contributed by atoms with Crippen LogP contribution in [0.25, 0.3) is 11.3 Å². The second-order valence-corrected chi connectivity index (χ2v) is 10.4. The summed E-state index contributed by atoms with van der Waals surface area (Å²) in [5, 5.41) is 2.75. The summed E-state index contributed by atoms with van der Waals surface area (Å²) in [6.45, 7) is 4.06. The number of benzene rings is 2. The molecule has 1 aliphatic heterocycles. The zero-order chi connectivity index (χ0) is 21.1. The van der Waals surface area contributed by atoms with Crippen molar-refractivity contribution in [1.82, 2.24) is 8.87 Å². The quantitative estimate of drug-likeness (QED) is 0.517. The van der Waals surface area contributed by atoms with Crippen LogP contribution >= 0.6 is 22.9 Å². The van der Waals surface area contributed by atoms with Gasteiger partial charge in [0.15, 0.2) is 4.80 Å². The minimum atomic E-state index is -3.42. The lowest BCUT2D eigenvalue weighted by Gasteiger charge is -2.25. The predicted octanol–water partition coefficient (Wildman–Crippen LogP) is 5.30. The highest BCUT2D eigenvalue weighted by atomic mass is 35.5. The van der Waals surface area contributed by atoms with E-state index in [-0.39, 0.29) is 0 Å². The Balaban J connectivity index is 1.65. The van der Waals surface area contributed by atoms with Gasteiger partial charge >= 0.3 is 0 Å². The molecular formula is C22H24ClN3O2S2. The zero-order valence-corrected chi connectivity index (χ0v) is 19.2. The van der Waals surface area contributed by atoms with Crippen LogP contribution in [0, 0.1) is 0 Å². The van der Waals surface area contributed by atoms with Gasteiger partial charge in [0, 0.05) is 30.0 Å². The number of thiazole rings is 1. The molecule has 0 spiro atoms. The van der Waals surface area contributed by atoms with Gasteiger partial charge in [-0.2, -0.15) is 4.31 Å². The van der Waals surface area contributed by atoms with E-state index in [1.54, 1.807) is 27.8 Å². The molecule has 0 unspecified atom stereocenters. The van der Waals surface area contributed by atoms with Crippen molar-refractivity contribution >= 4 is 38.6 Å². The van der Waals surface area contributed by atoms with Crippen molar-refractivity contribution in [3.05, 3.63) is 63.7 Å². The molecule has 0 aliphatic carbocycles. The number of hydrogen-bond acceptors (Lipinski definition) is 4. The summed E-state index contributed by atoms with van der Waals surface area (Å²) in [5.41, 5.74) is 2.85. The normalized spacial score (nSPS) is 16.1. The second-order valence-electron chi connectivity index (χ2n) is 7.23.